The molecule has 0 amide bonds. The first kappa shape index (κ1) is 5.54. The molecular weight excluding hydrogens is 100 g/mol. The molecule has 0 unspecified atom stereocenters. The molecule has 1 saturated carbocycles. The van der Waals surface area contributed by atoms with Crippen molar-refractivity contribution >= 4 is 5.78 Å². The number of Topliss-reactive ketones (excluding diaryl/α,β-unsaturated/α-hetero) is 1. The molecule has 0 aliphatic heterocycles. The van der Waals surface area contributed by atoms with Gasteiger partial charge < -0.3 is 0 Å². The van der Waals surface area contributed by atoms with Gasteiger partial charge in [0.2, 0.25) is 0 Å². The standard InChI is InChI=1S/C7H10O/c1-6(8)2-3-7-4-5-7/h3H,2,4-5H2,1H3. The zero-order chi connectivity index (χ0) is 5.98. The van der Waals surface area contributed by atoms with E-state index in [1.165, 1.54) is 18.4 Å². The normalized spacial score (nSPS) is 15.9. The second-order valence-corrected chi connectivity index (χ2v) is 2.27. The Morgan fingerprint density at radius 2 is 2.38 bits per heavy atom. The lowest BCUT2D eigenvalue weighted by Gasteiger charge is -1.79. The molecule has 1 aliphatic carbocycles. The summed E-state index contributed by atoms with van der Waals surface area (Å²) < 4.78 is 0. The summed E-state index contributed by atoms with van der Waals surface area (Å²) in [5.74, 6) is 0.268. The largest absolute Gasteiger partial charge is 0.300 e. The van der Waals surface area contributed by atoms with Crippen molar-refractivity contribution in [2.24, 2.45) is 0 Å². The van der Waals surface area contributed by atoms with Crippen LogP contribution >= 0.6 is 0 Å². The molecule has 8 heavy (non-hydrogen) atoms. The van der Waals surface area contributed by atoms with Crippen molar-refractivity contribution in [3.8, 4) is 0 Å². The van der Waals surface area contributed by atoms with Crippen LogP contribution in [0, 0.1) is 0 Å². The Morgan fingerprint density at radius 3 is 2.75 bits per heavy atom. The van der Waals surface area contributed by atoms with E-state index in [-0.39, 0.29) is 5.78 Å². The van der Waals surface area contributed by atoms with Crippen molar-refractivity contribution < 1.29 is 4.79 Å². The van der Waals surface area contributed by atoms with Crippen molar-refractivity contribution in [3.05, 3.63) is 11.6 Å². The minimum Gasteiger partial charge on any atom is -0.300 e. The quantitative estimate of drug-likeness (QED) is 0.494. The highest BCUT2D eigenvalue weighted by Gasteiger charge is 2.09. The molecule has 1 nitrogen and oxygen atoms in total. The van der Waals surface area contributed by atoms with Crippen molar-refractivity contribution in [1.82, 2.24) is 0 Å². The second-order valence-electron chi connectivity index (χ2n) is 2.27. The van der Waals surface area contributed by atoms with Gasteiger partial charge in [-0.25, -0.2) is 0 Å². The van der Waals surface area contributed by atoms with Crippen LogP contribution in [0.25, 0.3) is 0 Å². The van der Waals surface area contributed by atoms with Gasteiger partial charge in [-0.2, -0.15) is 0 Å². The molecule has 0 spiro atoms. The van der Waals surface area contributed by atoms with Crippen LogP contribution in [0.5, 0.6) is 0 Å². The Hall–Kier alpha value is -0.590. The Bertz CT molecular complexity index is 127. The van der Waals surface area contributed by atoms with Gasteiger partial charge in [0.15, 0.2) is 0 Å². The number of ketones is 1. The first-order chi connectivity index (χ1) is 3.79. The number of carbonyl (C=O) groups excluding carboxylic acids is 1. The smallest absolute Gasteiger partial charge is 0.133 e. The lowest BCUT2D eigenvalue weighted by Crippen LogP contribution is -1.83. The Balaban J connectivity index is 2.21. The maximum atomic E-state index is 10.3. The van der Waals surface area contributed by atoms with Crippen LogP contribution in [0.4, 0.5) is 0 Å². The van der Waals surface area contributed by atoms with E-state index < -0.39 is 0 Å². The van der Waals surface area contributed by atoms with E-state index in [0.717, 1.165) is 0 Å². The summed E-state index contributed by atoms with van der Waals surface area (Å²) in [6, 6.07) is 0. The third-order valence-electron chi connectivity index (χ3n) is 1.22. The number of hydrogen-bond donors (Lipinski definition) is 0. The van der Waals surface area contributed by atoms with Crippen LogP contribution in [-0.2, 0) is 4.79 Å². The number of carbonyl (C=O) groups is 1. The Kier molecular flexibility index (Phi) is 1.47. The van der Waals surface area contributed by atoms with Crippen molar-refractivity contribution in [2.45, 2.75) is 26.2 Å². The maximum Gasteiger partial charge on any atom is 0.133 e. The van der Waals surface area contributed by atoms with Crippen LogP contribution in [0.1, 0.15) is 26.2 Å². The molecule has 0 heterocycles. The predicted molar refractivity (Wildman–Crippen MR) is 32.6 cm³/mol. The number of allylic oxidation sites excluding steroid dienone is 2. The summed E-state index contributed by atoms with van der Waals surface area (Å²) in [6.45, 7) is 1.62. The third-order valence-corrected chi connectivity index (χ3v) is 1.22. The zero-order valence-electron chi connectivity index (χ0n) is 5.11. The van der Waals surface area contributed by atoms with Gasteiger partial charge in [0.05, 0.1) is 0 Å². The first-order valence-electron chi connectivity index (χ1n) is 2.96. The molecule has 1 rings (SSSR count). The molecule has 1 fully saturated rings. The van der Waals surface area contributed by atoms with Gasteiger partial charge in [0.1, 0.15) is 5.78 Å². The molecule has 1 aliphatic rings. The third kappa shape index (κ3) is 1.92. The molecule has 0 saturated heterocycles. The fraction of sp³-hybridized carbons (Fsp3) is 0.571. The van der Waals surface area contributed by atoms with Crippen molar-refractivity contribution in [1.29, 1.82) is 0 Å². The fourth-order valence-electron chi connectivity index (χ4n) is 0.564. The summed E-state index contributed by atoms with van der Waals surface area (Å²) in [5, 5.41) is 0. The van der Waals surface area contributed by atoms with Crippen molar-refractivity contribution in [2.75, 3.05) is 0 Å². The van der Waals surface area contributed by atoms with E-state index in [0.29, 0.717) is 6.42 Å². The van der Waals surface area contributed by atoms with Gasteiger partial charge in [0.25, 0.3) is 0 Å². The minimum absolute atomic E-state index is 0.268. The Morgan fingerprint density at radius 1 is 1.75 bits per heavy atom. The average Bonchev–Trinajstić information content (AvgIpc) is 2.41. The average molecular weight is 110 g/mol. The zero-order valence-corrected chi connectivity index (χ0v) is 5.11. The monoisotopic (exact) mass is 110 g/mol. The highest BCUT2D eigenvalue weighted by atomic mass is 16.1. The lowest BCUT2D eigenvalue weighted by atomic mass is 10.3. The first-order valence-corrected chi connectivity index (χ1v) is 2.96. The van der Waals surface area contributed by atoms with E-state index in [4.69, 9.17) is 0 Å². The van der Waals surface area contributed by atoms with E-state index in [1.54, 1.807) is 6.92 Å². The van der Waals surface area contributed by atoms with Gasteiger partial charge in [-0.3, -0.25) is 4.79 Å². The summed E-state index contributed by atoms with van der Waals surface area (Å²) in [6.07, 6.45) is 5.15. The van der Waals surface area contributed by atoms with E-state index in [1.807, 2.05) is 6.08 Å². The molecule has 0 aromatic heterocycles. The van der Waals surface area contributed by atoms with E-state index >= 15 is 0 Å². The highest BCUT2D eigenvalue weighted by Crippen LogP contribution is 2.27. The van der Waals surface area contributed by atoms with Crippen LogP contribution in [0.2, 0.25) is 0 Å². The summed E-state index contributed by atoms with van der Waals surface area (Å²) in [7, 11) is 0. The van der Waals surface area contributed by atoms with Gasteiger partial charge in [-0.15, -0.1) is 0 Å². The van der Waals surface area contributed by atoms with Gasteiger partial charge in [-0.05, 0) is 19.8 Å². The summed E-state index contributed by atoms with van der Waals surface area (Å²) in [4.78, 5) is 10.3. The molecule has 44 valence electrons. The lowest BCUT2D eigenvalue weighted by molar-refractivity contribution is -0.116. The predicted octanol–water partition coefficient (Wildman–Crippen LogP) is 1.69. The Labute approximate surface area is 49.4 Å². The van der Waals surface area contributed by atoms with Crippen LogP contribution < -0.4 is 0 Å². The molecular formula is C7H10O. The second kappa shape index (κ2) is 2.12. The molecule has 0 radical (unpaired) electrons. The van der Waals surface area contributed by atoms with Gasteiger partial charge >= 0.3 is 0 Å². The van der Waals surface area contributed by atoms with Gasteiger partial charge in [0, 0.05) is 6.42 Å². The summed E-state index contributed by atoms with van der Waals surface area (Å²) >= 11 is 0. The minimum atomic E-state index is 0.268. The summed E-state index contributed by atoms with van der Waals surface area (Å²) in [5.41, 5.74) is 1.46. The number of hydrogen-bond acceptors (Lipinski definition) is 1. The van der Waals surface area contributed by atoms with Crippen LogP contribution in [0.3, 0.4) is 0 Å². The molecule has 0 aromatic rings. The molecule has 0 N–H and O–H groups in total. The maximum absolute atomic E-state index is 10.3. The molecule has 0 atom stereocenters. The highest BCUT2D eigenvalue weighted by molar-refractivity contribution is 5.77. The molecule has 1 heteroatoms. The van der Waals surface area contributed by atoms with E-state index in [2.05, 4.69) is 0 Å². The molecule has 0 aromatic carbocycles. The van der Waals surface area contributed by atoms with Crippen molar-refractivity contribution in [3.63, 3.8) is 0 Å². The van der Waals surface area contributed by atoms with Crippen LogP contribution in [-0.4, -0.2) is 5.78 Å². The molecule has 0 bridgehead atoms. The van der Waals surface area contributed by atoms with Crippen LogP contribution in [0.15, 0.2) is 11.6 Å². The SMILES string of the molecule is CC(=O)CC=C1CC1. The number of rotatable bonds is 2. The van der Waals surface area contributed by atoms with E-state index in [9.17, 15) is 4.79 Å². The fourth-order valence-corrected chi connectivity index (χ4v) is 0.564. The van der Waals surface area contributed by atoms with Gasteiger partial charge in [-0.1, -0.05) is 11.6 Å². The topological polar surface area (TPSA) is 17.1 Å².